The van der Waals surface area contributed by atoms with Crippen molar-refractivity contribution >= 4 is 11.9 Å². The Morgan fingerprint density at radius 3 is 2.47 bits per heavy atom. The zero-order valence-corrected chi connectivity index (χ0v) is 11.6. The molecule has 3 amide bonds. The van der Waals surface area contributed by atoms with E-state index in [1.807, 2.05) is 49.2 Å². The Balaban J connectivity index is 2.48. The Labute approximate surface area is 114 Å². The SMILES string of the molecule is CCNC(=O)NC(=O)CN(C)C(C)c1ccccc1. The van der Waals surface area contributed by atoms with E-state index >= 15 is 0 Å². The van der Waals surface area contributed by atoms with E-state index < -0.39 is 6.03 Å². The lowest BCUT2D eigenvalue weighted by molar-refractivity contribution is -0.121. The van der Waals surface area contributed by atoms with E-state index in [-0.39, 0.29) is 18.5 Å². The minimum atomic E-state index is -0.451. The largest absolute Gasteiger partial charge is 0.338 e. The summed E-state index contributed by atoms with van der Waals surface area (Å²) in [5.74, 6) is -0.309. The summed E-state index contributed by atoms with van der Waals surface area (Å²) in [6.45, 7) is 4.49. The molecule has 0 fully saturated rings. The molecule has 0 aliphatic carbocycles. The summed E-state index contributed by atoms with van der Waals surface area (Å²) in [6, 6.07) is 9.58. The fourth-order valence-electron chi connectivity index (χ4n) is 1.72. The normalized spacial score (nSPS) is 12.0. The minimum absolute atomic E-state index is 0.112. The molecule has 0 bridgehead atoms. The summed E-state index contributed by atoms with van der Waals surface area (Å²) in [7, 11) is 1.86. The zero-order valence-electron chi connectivity index (χ0n) is 11.6. The molecule has 104 valence electrons. The van der Waals surface area contributed by atoms with Gasteiger partial charge >= 0.3 is 6.03 Å². The van der Waals surface area contributed by atoms with Crippen LogP contribution in [0.15, 0.2) is 30.3 Å². The second-order valence-corrected chi connectivity index (χ2v) is 4.41. The predicted molar refractivity (Wildman–Crippen MR) is 74.7 cm³/mol. The maximum atomic E-state index is 11.7. The van der Waals surface area contributed by atoms with Crippen molar-refractivity contribution in [1.82, 2.24) is 15.5 Å². The van der Waals surface area contributed by atoms with Gasteiger partial charge in [0.25, 0.3) is 0 Å². The molecule has 0 aliphatic heterocycles. The number of carbonyl (C=O) groups is 2. The lowest BCUT2D eigenvalue weighted by Crippen LogP contribution is -2.44. The van der Waals surface area contributed by atoms with Gasteiger partial charge in [0.05, 0.1) is 6.54 Å². The molecular formula is C14H21N3O2. The van der Waals surface area contributed by atoms with Gasteiger partial charge in [-0.15, -0.1) is 0 Å². The first-order valence-corrected chi connectivity index (χ1v) is 6.37. The number of nitrogens with zero attached hydrogens (tertiary/aromatic N) is 1. The average Bonchev–Trinajstić information content (AvgIpc) is 2.38. The molecule has 0 spiro atoms. The van der Waals surface area contributed by atoms with Crippen molar-refractivity contribution in [2.45, 2.75) is 19.9 Å². The van der Waals surface area contributed by atoms with Gasteiger partial charge < -0.3 is 5.32 Å². The quantitative estimate of drug-likeness (QED) is 0.847. The number of nitrogens with one attached hydrogen (secondary N) is 2. The van der Waals surface area contributed by atoms with Gasteiger partial charge in [-0.3, -0.25) is 15.0 Å². The molecule has 5 nitrogen and oxygen atoms in total. The van der Waals surface area contributed by atoms with Crippen LogP contribution in [0.3, 0.4) is 0 Å². The lowest BCUT2D eigenvalue weighted by atomic mass is 10.1. The van der Waals surface area contributed by atoms with Crippen LogP contribution in [-0.4, -0.2) is 37.0 Å². The third-order valence-electron chi connectivity index (χ3n) is 2.93. The van der Waals surface area contributed by atoms with Crippen molar-refractivity contribution in [1.29, 1.82) is 0 Å². The zero-order chi connectivity index (χ0) is 14.3. The molecule has 0 heterocycles. The van der Waals surface area contributed by atoms with Crippen molar-refractivity contribution < 1.29 is 9.59 Å². The van der Waals surface area contributed by atoms with Gasteiger partial charge in [-0.2, -0.15) is 0 Å². The Hall–Kier alpha value is -1.88. The number of benzene rings is 1. The second-order valence-electron chi connectivity index (χ2n) is 4.41. The summed E-state index contributed by atoms with van der Waals surface area (Å²) >= 11 is 0. The van der Waals surface area contributed by atoms with Gasteiger partial charge in [-0.05, 0) is 26.5 Å². The van der Waals surface area contributed by atoms with Crippen LogP contribution in [0.25, 0.3) is 0 Å². The number of hydrogen-bond acceptors (Lipinski definition) is 3. The maximum Gasteiger partial charge on any atom is 0.321 e. The number of rotatable bonds is 5. The first-order chi connectivity index (χ1) is 9.04. The average molecular weight is 263 g/mol. The number of carbonyl (C=O) groups excluding carboxylic acids is 2. The van der Waals surface area contributed by atoms with Crippen LogP contribution in [-0.2, 0) is 4.79 Å². The van der Waals surface area contributed by atoms with E-state index in [9.17, 15) is 9.59 Å². The molecule has 1 aromatic carbocycles. The van der Waals surface area contributed by atoms with Crippen molar-refractivity contribution in [2.24, 2.45) is 0 Å². The molecule has 19 heavy (non-hydrogen) atoms. The number of likely N-dealkylation sites (N-methyl/N-ethyl adjacent to an activating group) is 1. The van der Waals surface area contributed by atoms with Crippen LogP contribution in [0.4, 0.5) is 4.79 Å². The fourth-order valence-corrected chi connectivity index (χ4v) is 1.72. The molecule has 1 atom stereocenters. The molecule has 5 heteroatoms. The molecule has 0 saturated carbocycles. The van der Waals surface area contributed by atoms with E-state index in [2.05, 4.69) is 10.6 Å². The summed E-state index contributed by atoms with van der Waals surface area (Å²) in [4.78, 5) is 24.8. The van der Waals surface area contributed by atoms with Gasteiger partial charge in [-0.25, -0.2) is 4.79 Å². The van der Waals surface area contributed by atoms with Crippen molar-refractivity contribution in [3.8, 4) is 0 Å². The molecular weight excluding hydrogens is 242 g/mol. The topological polar surface area (TPSA) is 61.4 Å². The smallest absolute Gasteiger partial charge is 0.321 e. The second kappa shape index (κ2) is 7.53. The maximum absolute atomic E-state index is 11.7. The Kier molecular flexibility index (Phi) is 6.02. The third-order valence-corrected chi connectivity index (χ3v) is 2.93. The molecule has 0 saturated heterocycles. The van der Waals surface area contributed by atoms with Crippen LogP contribution < -0.4 is 10.6 Å². The Morgan fingerprint density at radius 2 is 1.89 bits per heavy atom. The van der Waals surface area contributed by atoms with Crippen molar-refractivity contribution in [2.75, 3.05) is 20.1 Å². The Bertz CT molecular complexity index is 420. The van der Waals surface area contributed by atoms with Gasteiger partial charge in [0.1, 0.15) is 0 Å². The van der Waals surface area contributed by atoms with Crippen LogP contribution in [0.2, 0.25) is 0 Å². The third kappa shape index (κ3) is 5.09. The minimum Gasteiger partial charge on any atom is -0.338 e. The van der Waals surface area contributed by atoms with Crippen LogP contribution in [0.1, 0.15) is 25.5 Å². The van der Waals surface area contributed by atoms with E-state index in [1.165, 1.54) is 0 Å². The summed E-state index contributed by atoms with van der Waals surface area (Å²) in [5.41, 5.74) is 1.14. The fraction of sp³-hybridized carbons (Fsp3) is 0.429. The van der Waals surface area contributed by atoms with Crippen molar-refractivity contribution in [3.05, 3.63) is 35.9 Å². The highest BCUT2D eigenvalue weighted by molar-refractivity contribution is 5.95. The number of hydrogen-bond donors (Lipinski definition) is 2. The van der Waals surface area contributed by atoms with Gasteiger partial charge in [0, 0.05) is 12.6 Å². The molecule has 0 aromatic heterocycles. The van der Waals surface area contributed by atoms with E-state index in [0.717, 1.165) is 5.56 Å². The lowest BCUT2D eigenvalue weighted by Gasteiger charge is -2.24. The molecule has 0 aliphatic rings. The monoisotopic (exact) mass is 263 g/mol. The molecule has 1 unspecified atom stereocenters. The molecule has 1 aromatic rings. The highest BCUT2D eigenvalue weighted by Gasteiger charge is 2.15. The highest BCUT2D eigenvalue weighted by atomic mass is 16.2. The number of urea groups is 1. The van der Waals surface area contributed by atoms with Gasteiger partial charge in [-0.1, -0.05) is 30.3 Å². The van der Waals surface area contributed by atoms with Crippen LogP contribution >= 0.6 is 0 Å². The number of amides is 3. The first-order valence-electron chi connectivity index (χ1n) is 6.37. The predicted octanol–water partition coefficient (Wildman–Crippen LogP) is 1.53. The first kappa shape index (κ1) is 15.2. The van der Waals surface area contributed by atoms with Crippen LogP contribution in [0, 0.1) is 0 Å². The molecule has 2 N–H and O–H groups in total. The van der Waals surface area contributed by atoms with Gasteiger partial charge in [0.15, 0.2) is 0 Å². The Morgan fingerprint density at radius 1 is 1.26 bits per heavy atom. The summed E-state index contributed by atoms with van der Waals surface area (Å²) < 4.78 is 0. The molecule has 0 radical (unpaired) electrons. The van der Waals surface area contributed by atoms with E-state index in [4.69, 9.17) is 0 Å². The highest BCUT2D eigenvalue weighted by Crippen LogP contribution is 2.17. The molecule has 1 rings (SSSR count). The van der Waals surface area contributed by atoms with E-state index in [1.54, 1.807) is 6.92 Å². The summed E-state index contributed by atoms with van der Waals surface area (Å²) in [6.07, 6.45) is 0. The summed E-state index contributed by atoms with van der Waals surface area (Å²) in [5, 5.41) is 4.81. The standard InChI is InChI=1S/C14H21N3O2/c1-4-15-14(19)16-13(18)10-17(3)11(2)12-8-6-5-7-9-12/h5-9,11H,4,10H2,1-3H3,(H2,15,16,18,19). The van der Waals surface area contributed by atoms with Crippen molar-refractivity contribution in [3.63, 3.8) is 0 Å². The van der Waals surface area contributed by atoms with Crippen LogP contribution in [0.5, 0.6) is 0 Å². The van der Waals surface area contributed by atoms with Gasteiger partial charge in [0.2, 0.25) is 5.91 Å². The number of imide groups is 1. The van der Waals surface area contributed by atoms with E-state index in [0.29, 0.717) is 6.54 Å².